The lowest BCUT2D eigenvalue weighted by Crippen LogP contribution is -2.14. The van der Waals surface area contributed by atoms with Crippen LogP contribution in [0.4, 0.5) is 16.2 Å². The number of carbonyl (C=O) groups excluding carboxylic acids is 2. The maximum atomic E-state index is 11.6. The molecule has 132 valence electrons. The second-order valence-electron chi connectivity index (χ2n) is 5.52. The molecule has 0 radical (unpaired) electrons. The summed E-state index contributed by atoms with van der Waals surface area (Å²) < 4.78 is 5.01. The molecule has 0 aliphatic rings. The van der Waals surface area contributed by atoms with Gasteiger partial charge >= 0.3 is 6.09 Å². The van der Waals surface area contributed by atoms with Gasteiger partial charge in [-0.2, -0.15) is 0 Å². The Labute approximate surface area is 146 Å². The van der Waals surface area contributed by atoms with E-state index in [2.05, 4.69) is 10.6 Å². The molecule has 0 fully saturated rings. The summed E-state index contributed by atoms with van der Waals surface area (Å²) in [4.78, 5) is 22.0. The number of benzene rings is 2. The van der Waals surface area contributed by atoms with Crippen LogP contribution in [0.25, 0.3) is 0 Å². The van der Waals surface area contributed by atoms with E-state index in [0.29, 0.717) is 31.5 Å². The van der Waals surface area contributed by atoms with Crippen molar-refractivity contribution < 1.29 is 19.4 Å². The van der Waals surface area contributed by atoms with Crippen LogP contribution in [0.15, 0.2) is 48.5 Å². The first-order valence-corrected chi connectivity index (χ1v) is 8.14. The van der Waals surface area contributed by atoms with Crippen LogP contribution in [-0.4, -0.2) is 30.8 Å². The van der Waals surface area contributed by atoms with Gasteiger partial charge in [0.15, 0.2) is 0 Å². The Kier molecular flexibility index (Phi) is 7.46. The topological polar surface area (TPSA) is 87.7 Å². The fourth-order valence-corrected chi connectivity index (χ4v) is 2.26. The molecule has 0 aromatic heterocycles. The fourth-order valence-electron chi connectivity index (χ4n) is 2.26. The minimum Gasteiger partial charge on any atom is -0.449 e. The number of aliphatic hydroxyl groups is 1. The average molecular weight is 342 g/mol. The zero-order chi connectivity index (χ0) is 17.9. The highest BCUT2D eigenvalue weighted by Gasteiger charge is 2.03. The van der Waals surface area contributed by atoms with E-state index in [0.717, 1.165) is 23.2 Å². The molecule has 25 heavy (non-hydrogen) atoms. The molecule has 0 heterocycles. The van der Waals surface area contributed by atoms with Crippen molar-refractivity contribution in [2.75, 3.05) is 23.8 Å². The summed E-state index contributed by atoms with van der Waals surface area (Å²) in [6.07, 6.45) is 2.17. The highest BCUT2D eigenvalue weighted by molar-refractivity contribution is 5.84. The lowest BCUT2D eigenvalue weighted by molar-refractivity contribution is -0.105. The summed E-state index contributed by atoms with van der Waals surface area (Å²) in [6, 6.07) is 15.2. The van der Waals surface area contributed by atoms with Gasteiger partial charge in [0.05, 0.1) is 6.61 Å². The zero-order valence-corrected chi connectivity index (χ0v) is 13.9. The number of hydrogen-bond donors (Lipinski definition) is 3. The molecule has 0 bridgehead atoms. The van der Waals surface area contributed by atoms with Gasteiger partial charge < -0.3 is 15.2 Å². The van der Waals surface area contributed by atoms with E-state index in [9.17, 15) is 9.59 Å². The van der Waals surface area contributed by atoms with Gasteiger partial charge in [0.25, 0.3) is 0 Å². The average Bonchev–Trinajstić information content (AvgIpc) is 2.62. The first kappa shape index (κ1) is 18.5. The van der Waals surface area contributed by atoms with Crippen molar-refractivity contribution in [2.45, 2.75) is 19.3 Å². The first-order chi connectivity index (χ1) is 12.2. The van der Waals surface area contributed by atoms with E-state index in [1.54, 1.807) is 0 Å². The van der Waals surface area contributed by atoms with Crippen LogP contribution in [0.2, 0.25) is 0 Å². The Morgan fingerprint density at radius 3 is 2.12 bits per heavy atom. The molecule has 3 N–H and O–H groups in total. The molecule has 0 aliphatic carbocycles. The lowest BCUT2D eigenvalue weighted by Gasteiger charge is -2.08. The minimum absolute atomic E-state index is 0.1000. The van der Waals surface area contributed by atoms with E-state index >= 15 is 0 Å². The van der Waals surface area contributed by atoms with Gasteiger partial charge in [-0.25, -0.2) is 4.79 Å². The number of aliphatic hydroxyl groups excluding tert-OH is 1. The smallest absolute Gasteiger partial charge is 0.411 e. The van der Waals surface area contributed by atoms with Crippen LogP contribution >= 0.6 is 0 Å². The second-order valence-corrected chi connectivity index (χ2v) is 5.52. The van der Waals surface area contributed by atoms with E-state index in [4.69, 9.17) is 9.84 Å². The minimum atomic E-state index is -0.496. The summed E-state index contributed by atoms with van der Waals surface area (Å²) in [5.41, 5.74) is 3.66. The Morgan fingerprint density at radius 2 is 1.56 bits per heavy atom. The van der Waals surface area contributed by atoms with Crippen LogP contribution in [0.5, 0.6) is 0 Å². The number of amides is 2. The molecule has 0 atom stereocenters. The summed E-state index contributed by atoms with van der Waals surface area (Å²) in [7, 11) is 0. The quantitative estimate of drug-likeness (QED) is 0.482. The molecule has 0 unspecified atom stereocenters. The SMILES string of the molecule is O=CNc1ccc(Cc2ccc(NC(=O)OCCCCO)cc2)cc1. The molecule has 0 saturated carbocycles. The van der Waals surface area contributed by atoms with E-state index in [-0.39, 0.29) is 6.61 Å². The molecule has 0 aliphatic heterocycles. The molecular weight excluding hydrogens is 320 g/mol. The fraction of sp³-hybridized carbons (Fsp3) is 0.263. The molecule has 0 saturated heterocycles. The number of anilines is 2. The Morgan fingerprint density at radius 1 is 0.960 bits per heavy atom. The number of rotatable bonds is 9. The van der Waals surface area contributed by atoms with Crippen molar-refractivity contribution in [3.05, 3.63) is 59.7 Å². The summed E-state index contributed by atoms with van der Waals surface area (Å²) >= 11 is 0. The van der Waals surface area contributed by atoms with Gasteiger partial charge in [0.2, 0.25) is 6.41 Å². The predicted molar refractivity (Wildman–Crippen MR) is 96.7 cm³/mol. The molecule has 2 aromatic rings. The van der Waals surface area contributed by atoms with Crippen LogP contribution in [-0.2, 0) is 16.0 Å². The van der Waals surface area contributed by atoms with Gasteiger partial charge in [-0.1, -0.05) is 24.3 Å². The van der Waals surface area contributed by atoms with E-state index in [1.165, 1.54) is 0 Å². The number of nitrogens with one attached hydrogen (secondary N) is 2. The highest BCUT2D eigenvalue weighted by Crippen LogP contribution is 2.16. The van der Waals surface area contributed by atoms with Crippen molar-refractivity contribution in [3.63, 3.8) is 0 Å². The molecule has 6 heteroatoms. The molecular formula is C19H22N2O4. The van der Waals surface area contributed by atoms with Gasteiger partial charge in [0, 0.05) is 18.0 Å². The number of unbranched alkanes of at least 4 members (excludes halogenated alkanes) is 1. The van der Waals surface area contributed by atoms with E-state index in [1.807, 2.05) is 48.5 Å². The number of ether oxygens (including phenoxy) is 1. The summed E-state index contributed by atoms with van der Waals surface area (Å²) in [5.74, 6) is 0. The monoisotopic (exact) mass is 342 g/mol. The van der Waals surface area contributed by atoms with Crippen molar-refractivity contribution in [1.29, 1.82) is 0 Å². The highest BCUT2D eigenvalue weighted by atomic mass is 16.5. The summed E-state index contributed by atoms with van der Waals surface area (Å²) in [5, 5.41) is 13.9. The Bertz CT molecular complexity index is 669. The standard InChI is InChI=1S/C19H22N2O4/c22-11-1-2-12-25-19(24)21-18-9-5-16(6-10-18)13-15-3-7-17(8-4-15)20-14-23/h3-10,14,22H,1-2,11-13H2,(H,20,23)(H,21,24). The normalized spacial score (nSPS) is 10.1. The molecule has 0 spiro atoms. The summed E-state index contributed by atoms with van der Waals surface area (Å²) in [6.45, 7) is 0.391. The van der Waals surface area contributed by atoms with Gasteiger partial charge in [-0.05, 0) is 54.7 Å². The van der Waals surface area contributed by atoms with Crippen LogP contribution in [0.1, 0.15) is 24.0 Å². The Hall–Kier alpha value is -2.86. The van der Waals surface area contributed by atoms with Crippen LogP contribution in [0.3, 0.4) is 0 Å². The van der Waals surface area contributed by atoms with Crippen LogP contribution < -0.4 is 10.6 Å². The predicted octanol–water partition coefficient (Wildman–Crippen LogP) is 3.17. The lowest BCUT2D eigenvalue weighted by atomic mass is 10.0. The largest absolute Gasteiger partial charge is 0.449 e. The molecule has 2 amide bonds. The third kappa shape index (κ3) is 6.64. The maximum absolute atomic E-state index is 11.6. The van der Waals surface area contributed by atoms with Gasteiger partial charge in [0.1, 0.15) is 0 Å². The van der Waals surface area contributed by atoms with Gasteiger partial charge in [-0.15, -0.1) is 0 Å². The first-order valence-electron chi connectivity index (χ1n) is 8.14. The molecule has 2 aromatic carbocycles. The molecule has 6 nitrogen and oxygen atoms in total. The third-order valence-corrected chi connectivity index (χ3v) is 3.57. The third-order valence-electron chi connectivity index (χ3n) is 3.57. The van der Waals surface area contributed by atoms with Crippen molar-refractivity contribution in [3.8, 4) is 0 Å². The van der Waals surface area contributed by atoms with Crippen molar-refractivity contribution in [1.82, 2.24) is 0 Å². The second kappa shape index (κ2) is 10.1. The van der Waals surface area contributed by atoms with Crippen molar-refractivity contribution in [2.24, 2.45) is 0 Å². The van der Waals surface area contributed by atoms with Crippen LogP contribution in [0, 0.1) is 0 Å². The van der Waals surface area contributed by atoms with Gasteiger partial charge in [-0.3, -0.25) is 10.1 Å². The maximum Gasteiger partial charge on any atom is 0.411 e. The van der Waals surface area contributed by atoms with E-state index < -0.39 is 6.09 Å². The molecule has 2 rings (SSSR count). The number of hydrogen-bond acceptors (Lipinski definition) is 4. The zero-order valence-electron chi connectivity index (χ0n) is 13.9. The number of carbonyl (C=O) groups is 2. The Balaban J connectivity index is 1.82. The van der Waals surface area contributed by atoms with Crippen molar-refractivity contribution >= 4 is 23.9 Å².